The molecule has 0 saturated heterocycles. The van der Waals surface area contributed by atoms with E-state index in [0.29, 0.717) is 17.9 Å². The van der Waals surface area contributed by atoms with Crippen LogP contribution in [0.3, 0.4) is 0 Å². The first-order chi connectivity index (χ1) is 12.1. The fourth-order valence-electron chi connectivity index (χ4n) is 3.41. The fourth-order valence-corrected chi connectivity index (χ4v) is 3.41. The topological polar surface area (TPSA) is 68.9 Å². The maximum absolute atomic E-state index is 6.08. The number of aliphatic imine (C=N–C) groups is 1. The summed E-state index contributed by atoms with van der Waals surface area (Å²) >= 11 is 0. The van der Waals surface area contributed by atoms with Crippen LogP contribution in [0.25, 0.3) is 0 Å². The summed E-state index contributed by atoms with van der Waals surface area (Å²) in [6.07, 6.45) is 8.62. The van der Waals surface area contributed by atoms with Crippen LogP contribution in [-0.2, 0) is 6.42 Å². The number of rotatable bonds is 7. The largest absolute Gasteiger partial charge is 0.493 e. The van der Waals surface area contributed by atoms with Gasteiger partial charge in [-0.3, -0.25) is 4.99 Å². The predicted molar refractivity (Wildman–Crippen MR) is 104 cm³/mol. The molecule has 0 aromatic heterocycles. The molecule has 0 spiro atoms. The molecule has 1 unspecified atom stereocenters. The highest BCUT2D eigenvalue weighted by molar-refractivity contribution is 5.78. The van der Waals surface area contributed by atoms with Crippen molar-refractivity contribution in [2.75, 3.05) is 20.8 Å². The average molecular weight is 348 g/mol. The summed E-state index contributed by atoms with van der Waals surface area (Å²) < 4.78 is 10.7. The van der Waals surface area contributed by atoms with Crippen molar-refractivity contribution in [2.24, 2.45) is 16.6 Å². The molecule has 5 nitrogen and oxygen atoms in total. The molecule has 0 amide bonds. The van der Waals surface area contributed by atoms with Crippen LogP contribution in [0.4, 0.5) is 0 Å². The quantitative estimate of drug-likeness (QED) is 0.450. The Morgan fingerprint density at radius 1 is 1.16 bits per heavy atom. The van der Waals surface area contributed by atoms with Gasteiger partial charge in [0, 0.05) is 12.6 Å². The second kappa shape index (κ2) is 10.2. The van der Waals surface area contributed by atoms with E-state index in [-0.39, 0.29) is 0 Å². The summed E-state index contributed by atoms with van der Waals surface area (Å²) in [5.74, 6) is 2.53. The van der Waals surface area contributed by atoms with Crippen molar-refractivity contribution in [3.8, 4) is 11.5 Å². The molecule has 2 rings (SSSR count). The zero-order valence-corrected chi connectivity index (χ0v) is 15.9. The lowest BCUT2D eigenvalue weighted by molar-refractivity contribution is 0.354. The molecular formula is C20H33N3O2. The standard InChI is InChI=1S/C20H33N3O2/c1-15(12-16-10-11-18(24-2)19(13-16)25-3)14-22-20(21)23-17-8-6-4-5-7-9-17/h10-11,13,15,17H,4-9,12,14H2,1-3H3,(H3,21,22,23). The SMILES string of the molecule is COc1ccc(CC(C)CN=C(N)NC2CCCCCC2)cc1OC. The van der Waals surface area contributed by atoms with Gasteiger partial charge >= 0.3 is 0 Å². The molecule has 1 atom stereocenters. The Hall–Kier alpha value is -1.91. The molecule has 1 saturated carbocycles. The van der Waals surface area contributed by atoms with Gasteiger partial charge in [-0.2, -0.15) is 0 Å². The van der Waals surface area contributed by atoms with Crippen LogP contribution in [0, 0.1) is 5.92 Å². The molecule has 0 bridgehead atoms. The Morgan fingerprint density at radius 3 is 2.48 bits per heavy atom. The Labute approximate surface area is 152 Å². The number of guanidine groups is 1. The van der Waals surface area contributed by atoms with Gasteiger partial charge in [-0.25, -0.2) is 0 Å². The van der Waals surface area contributed by atoms with Gasteiger partial charge in [0.1, 0.15) is 0 Å². The monoisotopic (exact) mass is 347 g/mol. The summed E-state index contributed by atoms with van der Waals surface area (Å²) in [7, 11) is 3.31. The van der Waals surface area contributed by atoms with Crippen LogP contribution < -0.4 is 20.5 Å². The van der Waals surface area contributed by atoms with E-state index in [9.17, 15) is 0 Å². The maximum atomic E-state index is 6.08. The van der Waals surface area contributed by atoms with E-state index in [1.54, 1.807) is 14.2 Å². The molecule has 3 N–H and O–H groups in total. The Morgan fingerprint density at radius 2 is 1.84 bits per heavy atom. The van der Waals surface area contributed by atoms with Crippen molar-refractivity contribution in [1.82, 2.24) is 5.32 Å². The summed E-state index contributed by atoms with van der Waals surface area (Å²) in [6.45, 7) is 2.92. The van der Waals surface area contributed by atoms with Crippen LogP contribution in [0.15, 0.2) is 23.2 Å². The van der Waals surface area contributed by atoms with Gasteiger partial charge in [-0.05, 0) is 42.9 Å². The van der Waals surface area contributed by atoms with Gasteiger partial charge < -0.3 is 20.5 Å². The molecule has 25 heavy (non-hydrogen) atoms. The van der Waals surface area contributed by atoms with Crippen LogP contribution >= 0.6 is 0 Å². The Kier molecular flexibility index (Phi) is 7.89. The van der Waals surface area contributed by atoms with Crippen LogP contribution in [0.1, 0.15) is 51.0 Å². The number of nitrogens with one attached hydrogen (secondary N) is 1. The lowest BCUT2D eigenvalue weighted by Crippen LogP contribution is -2.40. The molecular weight excluding hydrogens is 314 g/mol. The molecule has 5 heteroatoms. The number of hydrogen-bond donors (Lipinski definition) is 2. The molecule has 1 fully saturated rings. The Bertz CT molecular complexity index is 552. The van der Waals surface area contributed by atoms with E-state index in [0.717, 1.165) is 24.5 Å². The number of nitrogens with two attached hydrogens (primary N) is 1. The zero-order valence-electron chi connectivity index (χ0n) is 15.9. The zero-order chi connectivity index (χ0) is 18.1. The number of hydrogen-bond acceptors (Lipinski definition) is 3. The van der Waals surface area contributed by atoms with Gasteiger partial charge in [-0.1, -0.05) is 38.7 Å². The highest BCUT2D eigenvalue weighted by Gasteiger charge is 2.13. The third kappa shape index (κ3) is 6.48. The Balaban J connectivity index is 1.83. The third-order valence-corrected chi connectivity index (χ3v) is 4.81. The van der Waals surface area contributed by atoms with Gasteiger partial charge in [0.15, 0.2) is 17.5 Å². The van der Waals surface area contributed by atoms with E-state index in [1.807, 2.05) is 12.1 Å². The van der Waals surface area contributed by atoms with Gasteiger partial charge in [0.2, 0.25) is 0 Å². The highest BCUT2D eigenvalue weighted by Crippen LogP contribution is 2.28. The van der Waals surface area contributed by atoms with E-state index < -0.39 is 0 Å². The number of ether oxygens (including phenoxy) is 2. The molecule has 0 heterocycles. The van der Waals surface area contributed by atoms with Crippen molar-refractivity contribution in [1.29, 1.82) is 0 Å². The number of methoxy groups -OCH3 is 2. The summed E-state index contributed by atoms with van der Waals surface area (Å²) in [4.78, 5) is 4.55. The fraction of sp³-hybridized carbons (Fsp3) is 0.650. The molecule has 0 aliphatic heterocycles. The first kappa shape index (κ1) is 19.4. The first-order valence-electron chi connectivity index (χ1n) is 9.39. The molecule has 0 radical (unpaired) electrons. The molecule has 1 aliphatic carbocycles. The smallest absolute Gasteiger partial charge is 0.188 e. The summed E-state index contributed by atoms with van der Waals surface area (Å²) in [6, 6.07) is 6.56. The third-order valence-electron chi connectivity index (χ3n) is 4.81. The van der Waals surface area contributed by atoms with Crippen LogP contribution in [-0.4, -0.2) is 32.8 Å². The minimum atomic E-state index is 0.410. The lowest BCUT2D eigenvalue weighted by Gasteiger charge is -2.17. The number of benzene rings is 1. The van der Waals surface area contributed by atoms with Gasteiger partial charge in [0.25, 0.3) is 0 Å². The van der Waals surface area contributed by atoms with E-state index in [1.165, 1.54) is 44.1 Å². The minimum Gasteiger partial charge on any atom is -0.493 e. The van der Waals surface area contributed by atoms with Crippen molar-refractivity contribution in [3.63, 3.8) is 0 Å². The normalized spacial score (nSPS) is 17.6. The molecule has 1 aliphatic rings. The summed E-state index contributed by atoms with van der Waals surface area (Å²) in [5, 5.41) is 3.40. The summed E-state index contributed by atoms with van der Waals surface area (Å²) in [5.41, 5.74) is 7.30. The van der Waals surface area contributed by atoms with Gasteiger partial charge in [-0.15, -0.1) is 0 Å². The molecule has 140 valence electrons. The highest BCUT2D eigenvalue weighted by atomic mass is 16.5. The van der Waals surface area contributed by atoms with E-state index in [2.05, 4.69) is 23.3 Å². The van der Waals surface area contributed by atoms with Crippen LogP contribution in [0.5, 0.6) is 11.5 Å². The van der Waals surface area contributed by atoms with Crippen LogP contribution in [0.2, 0.25) is 0 Å². The second-order valence-electron chi connectivity index (χ2n) is 7.06. The van der Waals surface area contributed by atoms with Crippen molar-refractivity contribution < 1.29 is 9.47 Å². The molecule has 1 aromatic carbocycles. The molecule has 1 aromatic rings. The second-order valence-corrected chi connectivity index (χ2v) is 7.06. The predicted octanol–water partition coefficient (Wildman–Crippen LogP) is 3.51. The lowest BCUT2D eigenvalue weighted by atomic mass is 10.0. The van der Waals surface area contributed by atoms with Crippen molar-refractivity contribution >= 4 is 5.96 Å². The first-order valence-corrected chi connectivity index (χ1v) is 9.39. The van der Waals surface area contributed by atoms with Gasteiger partial charge in [0.05, 0.1) is 14.2 Å². The van der Waals surface area contributed by atoms with E-state index >= 15 is 0 Å². The maximum Gasteiger partial charge on any atom is 0.188 e. The average Bonchev–Trinajstić information content (AvgIpc) is 2.88. The van der Waals surface area contributed by atoms with E-state index in [4.69, 9.17) is 15.2 Å². The van der Waals surface area contributed by atoms with Crippen molar-refractivity contribution in [2.45, 2.75) is 57.9 Å². The minimum absolute atomic E-state index is 0.410. The number of nitrogens with zero attached hydrogens (tertiary/aromatic N) is 1. The van der Waals surface area contributed by atoms with Crippen molar-refractivity contribution in [3.05, 3.63) is 23.8 Å².